The van der Waals surface area contributed by atoms with Crippen molar-refractivity contribution in [3.05, 3.63) is 54.1 Å². The molecule has 2 saturated heterocycles. The molecule has 2 fully saturated rings. The normalized spacial score (nSPS) is 27.5. The average Bonchev–Trinajstić information content (AvgIpc) is 3.09. The Bertz CT molecular complexity index is 686. The summed E-state index contributed by atoms with van der Waals surface area (Å²) < 4.78 is 8.21. The summed E-state index contributed by atoms with van der Waals surface area (Å²) in [6, 6.07) is 11.7. The highest BCUT2D eigenvalue weighted by molar-refractivity contribution is 5.14. The lowest BCUT2D eigenvalue weighted by Crippen LogP contribution is -2.51. The zero-order valence-corrected chi connectivity index (χ0v) is 15.7. The van der Waals surface area contributed by atoms with Gasteiger partial charge in [-0.1, -0.05) is 30.3 Å². The summed E-state index contributed by atoms with van der Waals surface area (Å²) in [4.78, 5) is 7.12. The smallest absolute Gasteiger partial charge is 0.139 e. The zero-order valence-electron chi connectivity index (χ0n) is 15.7. The van der Waals surface area contributed by atoms with Crippen molar-refractivity contribution in [2.24, 2.45) is 7.05 Å². The molecule has 1 aromatic heterocycles. The molecule has 0 radical (unpaired) electrons. The second-order valence-corrected chi connectivity index (χ2v) is 7.66. The van der Waals surface area contributed by atoms with Crippen molar-refractivity contribution in [2.75, 3.05) is 19.7 Å². The number of aromatic nitrogens is 2. The largest absolute Gasteiger partial charge is 0.369 e. The van der Waals surface area contributed by atoms with E-state index in [1.807, 2.05) is 12.4 Å². The third-order valence-electron chi connectivity index (χ3n) is 5.64. The molecule has 0 amide bonds. The predicted octanol–water partition coefficient (Wildman–Crippen LogP) is 2.89. The molecule has 2 aliphatic rings. The fraction of sp³-hybridized carbons (Fsp3) is 0.571. The molecule has 140 valence electrons. The van der Waals surface area contributed by atoms with Crippen LogP contribution in [0.2, 0.25) is 0 Å². The maximum Gasteiger partial charge on any atom is 0.139 e. The maximum absolute atomic E-state index is 6.12. The highest BCUT2D eigenvalue weighted by Crippen LogP contribution is 2.28. The second-order valence-electron chi connectivity index (χ2n) is 7.66. The Morgan fingerprint density at radius 2 is 2.08 bits per heavy atom. The molecule has 1 N–H and O–H groups in total. The summed E-state index contributed by atoms with van der Waals surface area (Å²) in [5.41, 5.74) is 1.40. The van der Waals surface area contributed by atoms with Gasteiger partial charge in [0.15, 0.2) is 0 Å². The van der Waals surface area contributed by atoms with Crippen LogP contribution in [0.5, 0.6) is 0 Å². The minimum absolute atomic E-state index is 0.0632. The van der Waals surface area contributed by atoms with E-state index in [-0.39, 0.29) is 6.10 Å². The Balaban J connectivity index is 1.38. The molecule has 4 rings (SSSR count). The van der Waals surface area contributed by atoms with Crippen molar-refractivity contribution < 1.29 is 4.74 Å². The number of rotatable bonds is 5. The first-order valence-electron chi connectivity index (χ1n) is 9.91. The number of hydrogen-bond donors (Lipinski definition) is 1. The van der Waals surface area contributed by atoms with Crippen molar-refractivity contribution in [1.82, 2.24) is 19.8 Å². The van der Waals surface area contributed by atoms with Crippen LogP contribution in [0.3, 0.4) is 0 Å². The molecule has 3 heterocycles. The van der Waals surface area contributed by atoms with Gasteiger partial charge in [-0.05, 0) is 37.8 Å². The van der Waals surface area contributed by atoms with Gasteiger partial charge in [-0.3, -0.25) is 4.90 Å². The lowest BCUT2D eigenvalue weighted by Gasteiger charge is -2.39. The van der Waals surface area contributed by atoms with Crippen LogP contribution in [-0.2, 0) is 18.3 Å². The predicted molar refractivity (Wildman–Crippen MR) is 103 cm³/mol. The summed E-state index contributed by atoms with van der Waals surface area (Å²) >= 11 is 0. The van der Waals surface area contributed by atoms with Crippen molar-refractivity contribution in [2.45, 2.75) is 50.4 Å². The Labute approximate surface area is 156 Å². The van der Waals surface area contributed by atoms with Gasteiger partial charge in [0.1, 0.15) is 11.9 Å². The van der Waals surface area contributed by atoms with Crippen LogP contribution in [0.4, 0.5) is 0 Å². The molecule has 5 nitrogen and oxygen atoms in total. The number of ether oxygens (including phenoxy) is 1. The van der Waals surface area contributed by atoms with Crippen LogP contribution >= 0.6 is 0 Å². The topological polar surface area (TPSA) is 42.3 Å². The van der Waals surface area contributed by atoms with Crippen LogP contribution in [-0.4, -0.2) is 46.2 Å². The number of hydrogen-bond acceptors (Lipinski definition) is 4. The third-order valence-corrected chi connectivity index (χ3v) is 5.64. The molecule has 2 aromatic rings. The highest BCUT2D eigenvalue weighted by Gasteiger charge is 2.32. The third kappa shape index (κ3) is 4.17. The van der Waals surface area contributed by atoms with Crippen LogP contribution in [0, 0.1) is 0 Å². The van der Waals surface area contributed by atoms with Crippen molar-refractivity contribution >= 4 is 0 Å². The Hall–Kier alpha value is -1.69. The molecule has 1 unspecified atom stereocenters. The van der Waals surface area contributed by atoms with Gasteiger partial charge in [0, 0.05) is 51.2 Å². The Morgan fingerprint density at radius 1 is 1.19 bits per heavy atom. The van der Waals surface area contributed by atoms with Crippen LogP contribution in [0.25, 0.3) is 0 Å². The summed E-state index contributed by atoms with van der Waals surface area (Å²) in [6.07, 6.45) is 8.72. The Kier molecular flexibility index (Phi) is 5.68. The minimum atomic E-state index is 0.0632. The zero-order chi connectivity index (χ0) is 17.8. The van der Waals surface area contributed by atoms with Gasteiger partial charge in [-0.25, -0.2) is 4.98 Å². The second kappa shape index (κ2) is 8.33. The number of piperidine rings is 1. The van der Waals surface area contributed by atoms with Gasteiger partial charge in [0.05, 0.1) is 0 Å². The molecule has 1 aromatic carbocycles. The number of likely N-dealkylation sites (tertiary alicyclic amines) is 1. The summed E-state index contributed by atoms with van der Waals surface area (Å²) in [7, 11) is 2.06. The van der Waals surface area contributed by atoms with E-state index < -0.39 is 0 Å². The molecule has 5 heteroatoms. The van der Waals surface area contributed by atoms with Gasteiger partial charge in [0.2, 0.25) is 0 Å². The highest BCUT2D eigenvalue weighted by atomic mass is 16.5. The van der Waals surface area contributed by atoms with E-state index in [9.17, 15) is 0 Å². The first kappa shape index (κ1) is 17.7. The summed E-state index contributed by atoms with van der Waals surface area (Å²) in [5.74, 6) is 1.04. The van der Waals surface area contributed by atoms with E-state index >= 15 is 0 Å². The molecule has 0 saturated carbocycles. The van der Waals surface area contributed by atoms with Crippen LogP contribution < -0.4 is 5.32 Å². The molecule has 3 atom stereocenters. The molecule has 0 aliphatic carbocycles. The van der Waals surface area contributed by atoms with Gasteiger partial charge in [-0.15, -0.1) is 0 Å². The maximum atomic E-state index is 6.12. The standard InChI is InChI=1S/C21H30N4O/c1-24-13-11-22-21(24)20-19(10-6-14-26-20)23-18-9-5-12-25(16-18)15-17-7-3-2-4-8-17/h2-4,7-8,11,13,18-20,23H,5-6,9-10,12,14-16H2,1H3/t18?,19-,20-/m0/s1. The minimum Gasteiger partial charge on any atom is -0.369 e. The molecule has 0 spiro atoms. The van der Waals surface area contributed by atoms with Gasteiger partial charge in [-0.2, -0.15) is 0 Å². The van der Waals surface area contributed by atoms with Crippen LogP contribution in [0.15, 0.2) is 42.7 Å². The van der Waals surface area contributed by atoms with Crippen molar-refractivity contribution in [1.29, 1.82) is 0 Å². The van der Waals surface area contributed by atoms with Crippen molar-refractivity contribution in [3.8, 4) is 0 Å². The van der Waals surface area contributed by atoms with Crippen molar-refractivity contribution in [3.63, 3.8) is 0 Å². The number of nitrogens with one attached hydrogen (secondary N) is 1. The lowest BCUT2D eigenvalue weighted by molar-refractivity contribution is -0.0232. The first-order chi connectivity index (χ1) is 12.8. The number of aryl methyl sites for hydroxylation is 1. The molecule has 26 heavy (non-hydrogen) atoms. The first-order valence-corrected chi connectivity index (χ1v) is 9.91. The fourth-order valence-corrected chi connectivity index (χ4v) is 4.34. The quantitative estimate of drug-likeness (QED) is 0.897. The van der Waals surface area contributed by atoms with Gasteiger partial charge < -0.3 is 14.6 Å². The molecular formula is C21H30N4O. The van der Waals surface area contributed by atoms with E-state index in [4.69, 9.17) is 4.74 Å². The van der Waals surface area contributed by atoms with Gasteiger partial charge >= 0.3 is 0 Å². The SMILES string of the molecule is Cn1ccnc1[C@H]1OCCC[C@@H]1NC1CCCN(Cc2ccccc2)C1. The summed E-state index contributed by atoms with van der Waals surface area (Å²) in [5, 5.41) is 3.92. The average molecular weight is 354 g/mol. The lowest BCUT2D eigenvalue weighted by atomic mass is 9.97. The number of benzene rings is 1. The van der Waals surface area contributed by atoms with E-state index in [0.717, 1.165) is 38.4 Å². The number of imidazole rings is 1. The van der Waals surface area contributed by atoms with E-state index in [2.05, 4.69) is 57.1 Å². The monoisotopic (exact) mass is 354 g/mol. The molecule has 2 aliphatic heterocycles. The molecular weight excluding hydrogens is 324 g/mol. The van der Waals surface area contributed by atoms with Crippen LogP contribution in [0.1, 0.15) is 43.2 Å². The van der Waals surface area contributed by atoms with E-state index in [0.29, 0.717) is 12.1 Å². The fourth-order valence-electron chi connectivity index (χ4n) is 4.34. The van der Waals surface area contributed by atoms with E-state index in [1.54, 1.807) is 0 Å². The molecule has 0 bridgehead atoms. The van der Waals surface area contributed by atoms with Gasteiger partial charge in [0.25, 0.3) is 0 Å². The summed E-state index contributed by atoms with van der Waals surface area (Å²) in [6.45, 7) is 4.18. The Morgan fingerprint density at radius 3 is 2.88 bits per heavy atom. The number of nitrogens with zero attached hydrogens (tertiary/aromatic N) is 3. The van der Waals surface area contributed by atoms with E-state index in [1.165, 1.54) is 24.9 Å².